The Labute approximate surface area is 175 Å². The highest BCUT2D eigenvalue weighted by Gasteiger charge is 2.38. The summed E-state index contributed by atoms with van der Waals surface area (Å²) in [5.74, 6) is -0.670. The van der Waals surface area contributed by atoms with E-state index < -0.39 is 12.1 Å². The van der Waals surface area contributed by atoms with Crippen molar-refractivity contribution in [2.24, 2.45) is 17.3 Å². The van der Waals surface area contributed by atoms with E-state index >= 15 is 0 Å². The first-order chi connectivity index (χ1) is 13.3. The minimum Gasteiger partial charge on any atom is -0.478 e. The van der Waals surface area contributed by atoms with Gasteiger partial charge in [-0.2, -0.15) is 0 Å². The van der Waals surface area contributed by atoms with Gasteiger partial charge in [-0.15, -0.1) is 0 Å². The third kappa shape index (κ3) is 5.37. The fraction of sp³-hybridized carbons (Fsp3) is 0.560. The van der Waals surface area contributed by atoms with E-state index in [1.165, 1.54) is 6.42 Å². The molecule has 0 aliphatic heterocycles. The molecule has 2 fully saturated rings. The molecule has 4 nitrogen and oxygen atoms in total. The van der Waals surface area contributed by atoms with E-state index in [1.54, 1.807) is 12.1 Å². The molecule has 0 bridgehead atoms. The lowest BCUT2D eigenvalue weighted by Crippen LogP contribution is -2.38. The second kappa shape index (κ2) is 9.73. The number of hydrogen-bond acceptors (Lipinski definition) is 3. The summed E-state index contributed by atoms with van der Waals surface area (Å²) in [6.07, 6.45) is 9.72. The second-order valence-corrected chi connectivity index (χ2v) is 8.84. The lowest BCUT2D eigenvalue weighted by Gasteiger charge is -2.42. The van der Waals surface area contributed by atoms with E-state index in [0.717, 1.165) is 36.8 Å². The van der Waals surface area contributed by atoms with Gasteiger partial charge in [-0.05, 0) is 67.6 Å². The zero-order chi connectivity index (χ0) is 20.3. The molecule has 2 aliphatic carbocycles. The van der Waals surface area contributed by atoms with E-state index in [4.69, 9.17) is 5.11 Å². The van der Waals surface area contributed by atoms with Crippen molar-refractivity contribution in [1.29, 1.82) is 0 Å². The Morgan fingerprint density at radius 2 is 1.97 bits per heavy atom. The Balaban J connectivity index is 0.00000300. The number of benzene rings is 1. The molecule has 29 heavy (non-hydrogen) atoms. The maximum absolute atomic E-state index is 11.0. The van der Waals surface area contributed by atoms with Crippen molar-refractivity contribution >= 4 is 5.97 Å². The Hall–Kier alpha value is -1.91. The molecule has 2 aliphatic rings. The third-order valence-corrected chi connectivity index (χ3v) is 6.87. The van der Waals surface area contributed by atoms with Gasteiger partial charge in [0.2, 0.25) is 0 Å². The summed E-state index contributed by atoms with van der Waals surface area (Å²) in [7, 11) is 0. The quantitative estimate of drug-likeness (QED) is 0.536. The molecule has 0 saturated heterocycles. The third-order valence-electron chi connectivity index (χ3n) is 6.87. The van der Waals surface area contributed by atoms with Gasteiger partial charge in [0.1, 0.15) is 0 Å². The van der Waals surface area contributed by atoms with E-state index in [2.05, 4.69) is 19.6 Å². The van der Waals surface area contributed by atoms with Gasteiger partial charge in [-0.1, -0.05) is 57.2 Å². The van der Waals surface area contributed by atoms with Gasteiger partial charge in [0.05, 0.1) is 17.8 Å². The van der Waals surface area contributed by atoms with Crippen LogP contribution in [0.5, 0.6) is 0 Å². The van der Waals surface area contributed by atoms with Gasteiger partial charge in [0.25, 0.3) is 0 Å². The summed E-state index contributed by atoms with van der Waals surface area (Å²) in [6, 6.07) is 6.99. The van der Waals surface area contributed by atoms with Crippen LogP contribution in [0.15, 0.2) is 48.6 Å². The van der Waals surface area contributed by atoms with Crippen molar-refractivity contribution in [1.82, 2.24) is 0 Å². The first-order valence-electron chi connectivity index (χ1n) is 10.3. The summed E-state index contributed by atoms with van der Waals surface area (Å²) in [5.41, 5.74) is 2.53. The number of carbonyl (C=O) groups is 1. The van der Waals surface area contributed by atoms with Gasteiger partial charge in [-0.3, -0.25) is 0 Å². The molecule has 2 unspecified atom stereocenters. The molecule has 1 aromatic rings. The van der Waals surface area contributed by atoms with Crippen molar-refractivity contribution in [3.63, 3.8) is 0 Å². The lowest BCUT2D eigenvalue weighted by atomic mass is 9.66. The molecule has 0 spiro atoms. The van der Waals surface area contributed by atoms with Crippen LogP contribution in [0.2, 0.25) is 0 Å². The van der Waals surface area contributed by atoms with Crippen LogP contribution in [0.25, 0.3) is 0 Å². The van der Waals surface area contributed by atoms with Crippen LogP contribution >= 0.6 is 0 Å². The molecular formula is C25H36O4. The SMILES string of the molecule is C.C=C1CC(O)[C@H](/C=C/CC(O)C2(C)CCC2)[C@H]1CCc1ccc(C(=O)O)cc1. The number of carboxylic acid groups (broad SMARTS) is 1. The Kier molecular flexibility index (Phi) is 7.84. The second-order valence-electron chi connectivity index (χ2n) is 8.84. The number of rotatable bonds is 8. The maximum Gasteiger partial charge on any atom is 0.335 e. The Bertz CT molecular complexity index is 730. The molecular weight excluding hydrogens is 364 g/mol. The van der Waals surface area contributed by atoms with Crippen LogP contribution in [0.3, 0.4) is 0 Å². The Morgan fingerprint density at radius 3 is 2.52 bits per heavy atom. The summed E-state index contributed by atoms with van der Waals surface area (Å²) in [6.45, 7) is 6.32. The number of aliphatic hydroxyl groups is 2. The van der Waals surface area contributed by atoms with Crippen molar-refractivity contribution in [2.45, 2.75) is 71.5 Å². The van der Waals surface area contributed by atoms with Gasteiger partial charge in [-0.25, -0.2) is 4.79 Å². The van der Waals surface area contributed by atoms with Crippen LogP contribution in [0.1, 0.15) is 68.8 Å². The molecule has 160 valence electrons. The molecule has 0 amide bonds. The minimum absolute atomic E-state index is 0. The lowest BCUT2D eigenvalue weighted by molar-refractivity contribution is -0.0177. The number of aromatic carboxylic acids is 1. The average molecular weight is 401 g/mol. The fourth-order valence-electron chi connectivity index (χ4n) is 4.61. The number of hydrogen-bond donors (Lipinski definition) is 3. The summed E-state index contributed by atoms with van der Waals surface area (Å²) >= 11 is 0. The van der Waals surface area contributed by atoms with Crippen molar-refractivity contribution in [3.8, 4) is 0 Å². The van der Waals surface area contributed by atoms with Crippen molar-refractivity contribution in [2.75, 3.05) is 0 Å². The number of aliphatic hydroxyl groups excluding tert-OH is 2. The van der Waals surface area contributed by atoms with Crippen LogP contribution < -0.4 is 0 Å². The zero-order valence-corrected chi connectivity index (χ0v) is 16.7. The molecule has 4 heteroatoms. The van der Waals surface area contributed by atoms with Crippen molar-refractivity contribution in [3.05, 3.63) is 59.7 Å². The molecule has 3 N–H and O–H groups in total. The molecule has 2 saturated carbocycles. The van der Waals surface area contributed by atoms with Crippen LogP contribution in [-0.2, 0) is 6.42 Å². The predicted molar refractivity (Wildman–Crippen MR) is 117 cm³/mol. The highest BCUT2D eigenvalue weighted by atomic mass is 16.4. The number of aryl methyl sites for hydroxylation is 1. The first kappa shape index (κ1) is 23.4. The van der Waals surface area contributed by atoms with E-state index in [1.807, 2.05) is 18.2 Å². The minimum atomic E-state index is -0.915. The molecule has 1 aromatic carbocycles. The molecule has 0 aromatic heterocycles. The summed E-state index contributed by atoms with van der Waals surface area (Å²) < 4.78 is 0. The first-order valence-corrected chi connectivity index (χ1v) is 10.3. The van der Waals surface area contributed by atoms with Gasteiger partial charge >= 0.3 is 5.97 Å². The van der Waals surface area contributed by atoms with Crippen LogP contribution in [0.4, 0.5) is 0 Å². The molecule has 0 heterocycles. The monoisotopic (exact) mass is 400 g/mol. The highest BCUT2D eigenvalue weighted by molar-refractivity contribution is 5.87. The standard InChI is InChI=1S/C24H32O4.CH4/c1-16-15-21(25)20(5-3-6-22(26)24(2)13-4-14-24)19(16)12-9-17-7-10-18(11-8-17)23(27)28;/h3,5,7-8,10-11,19-22,25-26H,1,4,6,9,12-15H2,2H3,(H,27,28);1H4/b5-3+;/t19-,20+,21?,22?;/m0./s1. The average Bonchev–Trinajstić information content (AvgIpc) is 2.91. The molecule has 4 atom stereocenters. The topological polar surface area (TPSA) is 77.8 Å². The summed E-state index contributed by atoms with van der Waals surface area (Å²) in [5, 5.41) is 29.9. The highest BCUT2D eigenvalue weighted by Crippen LogP contribution is 2.45. The largest absolute Gasteiger partial charge is 0.478 e. The van der Waals surface area contributed by atoms with Gasteiger partial charge in [0, 0.05) is 5.92 Å². The smallest absolute Gasteiger partial charge is 0.335 e. The summed E-state index contributed by atoms with van der Waals surface area (Å²) in [4.78, 5) is 11.0. The van der Waals surface area contributed by atoms with E-state index in [-0.39, 0.29) is 30.8 Å². The molecule has 0 radical (unpaired) electrons. The zero-order valence-electron chi connectivity index (χ0n) is 16.7. The maximum atomic E-state index is 11.0. The van der Waals surface area contributed by atoms with Crippen LogP contribution in [-0.4, -0.2) is 33.5 Å². The normalized spacial score (nSPS) is 26.7. The van der Waals surface area contributed by atoms with Crippen LogP contribution in [0, 0.1) is 17.3 Å². The van der Waals surface area contributed by atoms with E-state index in [9.17, 15) is 15.0 Å². The van der Waals surface area contributed by atoms with Crippen molar-refractivity contribution < 1.29 is 20.1 Å². The van der Waals surface area contributed by atoms with Gasteiger partial charge in [0.15, 0.2) is 0 Å². The fourth-order valence-corrected chi connectivity index (χ4v) is 4.61. The predicted octanol–water partition coefficient (Wildman–Crippen LogP) is 5.00. The Morgan fingerprint density at radius 1 is 1.31 bits per heavy atom. The van der Waals surface area contributed by atoms with E-state index in [0.29, 0.717) is 18.4 Å². The number of carboxylic acids is 1. The van der Waals surface area contributed by atoms with Gasteiger partial charge < -0.3 is 15.3 Å². The molecule has 3 rings (SSSR count).